The van der Waals surface area contributed by atoms with Crippen LogP contribution in [0.4, 0.5) is 8.78 Å². The summed E-state index contributed by atoms with van der Waals surface area (Å²) in [4.78, 5) is 0. The summed E-state index contributed by atoms with van der Waals surface area (Å²) in [6, 6.07) is 4.30. The smallest absolute Gasteiger partial charge is 0.144 e. The Morgan fingerprint density at radius 1 is 0.706 bits per heavy atom. The fourth-order valence-electron chi connectivity index (χ4n) is 6.71. The van der Waals surface area contributed by atoms with Crippen LogP contribution in [-0.4, -0.2) is 0 Å². The van der Waals surface area contributed by atoms with Crippen LogP contribution < -0.4 is 0 Å². The van der Waals surface area contributed by atoms with E-state index in [-0.39, 0.29) is 0 Å². The van der Waals surface area contributed by atoms with Crippen molar-refractivity contribution in [1.82, 2.24) is 0 Å². The van der Waals surface area contributed by atoms with Crippen molar-refractivity contribution >= 4 is 0 Å². The van der Waals surface area contributed by atoms with Gasteiger partial charge in [-0.15, -0.1) is 0 Å². The van der Waals surface area contributed by atoms with Gasteiger partial charge in [-0.1, -0.05) is 90.4 Å². The van der Waals surface area contributed by atoms with Gasteiger partial charge in [-0.2, -0.15) is 5.26 Å². The van der Waals surface area contributed by atoms with E-state index in [1.807, 2.05) is 0 Å². The van der Waals surface area contributed by atoms with Crippen molar-refractivity contribution in [1.29, 1.82) is 5.26 Å². The summed E-state index contributed by atoms with van der Waals surface area (Å²) in [5.74, 6) is 2.07. The van der Waals surface area contributed by atoms with E-state index in [1.54, 1.807) is 6.07 Å². The highest BCUT2D eigenvalue weighted by atomic mass is 19.1. The van der Waals surface area contributed by atoms with Crippen LogP contribution in [0.1, 0.15) is 134 Å². The van der Waals surface area contributed by atoms with Gasteiger partial charge in [-0.3, -0.25) is 0 Å². The second-order valence-corrected chi connectivity index (χ2v) is 11.4. The molecular weight excluding hydrogens is 424 g/mol. The van der Waals surface area contributed by atoms with Crippen molar-refractivity contribution in [2.75, 3.05) is 0 Å². The van der Waals surface area contributed by atoms with E-state index in [4.69, 9.17) is 5.26 Å². The summed E-state index contributed by atoms with van der Waals surface area (Å²) in [6.07, 6.45) is 25.6. The minimum Gasteiger partial charge on any atom is -0.205 e. The van der Waals surface area contributed by atoms with Crippen molar-refractivity contribution < 1.29 is 8.78 Å². The zero-order valence-corrected chi connectivity index (χ0v) is 21.6. The molecule has 3 rings (SSSR count). The minimum atomic E-state index is -0.723. The van der Waals surface area contributed by atoms with E-state index in [9.17, 15) is 8.78 Å². The Balaban J connectivity index is 1.26. The fourth-order valence-corrected chi connectivity index (χ4v) is 6.71. The lowest BCUT2D eigenvalue weighted by Gasteiger charge is -2.38. The molecule has 0 aromatic heterocycles. The highest BCUT2D eigenvalue weighted by molar-refractivity contribution is 5.35. The molecule has 2 aliphatic carbocycles. The monoisotopic (exact) mass is 471 g/mol. The normalized spacial score (nSPS) is 25.2. The number of hydrogen-bond acceptors (Lipinski definition) is 1. The molecule has 1 nitrogen and oxygen atoms in total. The Morgan fingerprint density at radius 3 is 1.68 bits per heavy atom. The number of rotatable bonds is 13. The minimum absolute atomic E-state index is 0.461. The lowest BCUT2D eigenvalue weighted by Crippen LogP contribution is -2.26. The maximum Gasteiger partial charge on any atom is 0.144 e. The average molecular weight is 472 g/mol. The van der Waals surface area contributed by atoms with Crippen LogP contribution in [0.5, 0.6) is 0 Å². The first kappa shape index (κ1) is 27.2. The Hall–Kier alpha value is -1.43. The van der Waals surface area contributed by atoms with Crippen molar-refractivity contribution in [3.05, 3.63) is 34.9 Å². The molecule has 1 aromatic carbocycles. The molecule has 1 aromatic rings. The van der Waals surface area contributed by atoms with Gasteiger partial charge < -0.3 is 0 Å². The number of unbranched alkanes of at least 4 members (excludes halogenated alkanes) is 7. The molecule has 0 unspecified atom stereocenters. The van der Waals surface area contributed by atoms with Crippen molar-refractivity contribution in [2.24, 2.45) is 23.7 Å². The van der Waals surface area contributed by atoms with E-state index < -0.39 is 17.2 Å². The molecule has 0 aliphatic heterocycles. The van der Waals surface area contributed by atoms with E-state index in [0.29, 0.717) is 17.9 Å². The predicted molar refractivity (Wildman–Crippen MR) is 138 cm³/mol. The van der Waals surface area contributed by atoms with Crippen LogP contribution in [0, 0.1) is 46.6 Å². The Bertz CT molecular complexity index is 728. The number of hydrogen-bond donors (Lipinski definition) is 0. The highest BCUT2D eigenvalue weighted by Gasteiger charge is 2.30. The standard InChI is InChI=1S/C31H47F2N/c1-2-3-4-5-6-7-8-9-10-24-13-17-27(18-14-24)28-19-15-25(16-20-28)11-12-26-21-30(32)29(23-34)31(33)22-26/h21-22,24-25,27-28H,2-20H2,1H3. The van der Waals surface area contributed by atoms with Crippen LogP contribution in [0.3, 0.4) is 0 Å². The van der Waals surface area contributed by atoms with Crippen LogP contribution in [-0.2, 0) is 6.42 Å². The Morgan fingerprint density at radius 2 is 1.18 bits per heavy atom. The van der Waals surface area contributed by atoms with Crippen molar-refractivity contribution in [3.8, 4) is 6.07 Å². The first-order chi connectivity index (χ1) is 16.6. The molecule has 2 fully saturated rings. The summed E-state index contributed by atoms with van der Waals surface area (Å²) < 4.78 is 27.7. The first-order valence-corrected chi connectivity index (χ1v) is 14.5. The molecule has 34 heavy (non-hydrogen) atoms. The van der Waals surface area contributed by atoms with Gasteiger partial charge in [0.05, 0.1) is 0 Å². The number of nitriles is 1. The molecule has 0 heterocycles. The van der Waals surface area contributed by atoms with E-state index in [0.717, 1.165) is 24.2 Å². The molecule has 0 spiro atoms. The molecule has 190 valence electrons. The highest BCUT2D eigenvalue weighted by Crippen LogP contribution is 2.43. The zero-order chi connectivity index (χ0) is 24.2. The molecular formula is C31H47F2N. The van der Waals surface area contributed by atoms with Crippen LogP contribution in [0.2, 0.25) is 0 Å². The molecule has 0 saturated heterocycles. The third kappa shape index (κ3) is 8.66. The summed E-state index contributed by atoms with van der Waals surface area (Å²) >= 11 is 0. The molecule has 2 saturated carbocycles. The molecule has 0 atom stereocenters. The number of aryl methyl sites for hydroxylation is 1. The van der Waals surface area contributed by atoms with Gasteiger partial charge in [0.25, 0.3) is 0 Å². The molecule has 3 heteroatoms. The maximum absolute atomic E-state index is 13.9. The van der Waals surface area contributed by atoms with Gasteiger partial charge in [0.15, 0.2) is 0 Å². The SMILES string of the molecule is CCCCCCCCCCC1CCC(C2CCC(CCc3cc(F)c(C#N)c(F)c3)CC2)CC1. The molecule has 2 aliphatic rings. The fraction of sp³-hybridized carbons (Fsp3) is 0.774. The summed E-state index contributed by atoms with van der Waals surface area (Å²) in [7, 11) is 0. The molecule has 0 radical (unpaired) electrons. The third-order valence-corrected chi connectivity index (χ3v) is 8.97. The summed E-state index contributed by atoms with van der Waals surface area (Å²) in [6.45, 7) is 2.29. The maximum atomic E-state index is 13.9. The summed E-state index contributed by atoms with van der Waals surface area (Å²) in [5.41, 5.74) is 0.225. The van der Waals surface area contributed by atoms with Gasteiger partial charge >= 0.3 is 0 Å². The molecule has 0 amide bonds. The van der Waals surface area contributed by atoms with E-state index in [2.05, 4.69) is 6.92 Å². The van der Waals surface area contributed by atoms with Gasteiger partial charge in [0, 0.05) is 0 Å². The Kier molecular flexibility index (Phi) is 11.9. The first-order valence-electron chi connectivity index (χ1n) is 14.5. The molecule has 0 N–H and O–H groups in total. The van der Waals surface area contributed by atoms with Crippen LogP contribution in [0.15, 0.2) is 12.1 Å². The Labute approximate surface area is 207 Å². The van der Waals surface area contributed by atoms with Gasteiger partial charge in [0.2, 0.25) is 0 Å². The quantitative estimate of drug-likeness (QED) is 0.263. The number of halogens is 2. The van der Waals surface area contributed by atoms with Crippen LogP contribution in [0.25, 0.3) is 0 Å². The largest absolute Gasteiger partial charge is 0.205 e. The van der Waals surface area contributed by atoms with Crippen molar-refractivity contribution in [2.45, 2.75) is 129 Å². The van der Waals surface area contributed by atoms with Gasteiger partial charge in [0.1, 0.15) is 23.3 Å². The van der Waals surface area contributed by atoms with Crippen molar-refractivity contribution in [3.63, 3.8) is 0 Å². The van der Waals surface area contributed by atoms with Gasteiger partial charge in [-0.05, 0) is 79.9 Å². The average Bonchev–Trinajstić information content (AvgIpc) is 2.85. The van der Waals surface area contributed by atoms with Crippen LogP contribution >= 0.6 is 0 Å². The van der Waals surface area contributed by atoms with Gasteiger partial charge in [-0.25, -0.2) is 8.78 Å². The second-order valence-electron chi connectivity index (χ2n) is 11.4. The number of benzene rings is 1. The van der Waals surface area contributed by atoms with E-state index in [1.165, 1.54) is 121 Å². The number of nitrogens with zero attached hydrogens (tertiary/aromatic N) is 1. The lowest BCUT2D eigenvalue weighted by atomic mass is 9.68. The predicted octanol–water partition coefficient (Wildman–Crippen LogP) is 9.91. The topological polar surface area (TPSA) is 23.8 Å². The zero-order valence-electron chi connectivity index (χ0n) is 21.6. The summed E-state index contributed by atoms with van der Waals surface area (Å²) in [5, 5.41) is 8.83. The lowest BCUT2D eigenvalue weighted by molar-refractivity contribution is 0.140. The van der Waals surface area contributed by atoms with E-state index >= 15 is 0 Å². The molecule has 0 bridgehead atoms. The second kappa shape index (κ2) is 14.9. The third-order valence-electron chi connectivity index (χ3n) is 8.97.